The molecule has 0 saturated carbocycles. The average Bonchev–Trinajstić information content (AvgIpc) is 2.43. The van der Waals surface area contributed by atoms with Crippen LogP contribution in [0.3, 0.4) is 0 Å². The molecule has 21 heavy (non-hydrogen) atoms. The number of hydrogen-bond donors (Lipinski definition) is 2. The number of aliphatic hydroxyl groups is 1. The second-order valence-corrected chi connectivity index (χ2v) is 4.89. The lowest BCUT2D eigenvalue weighted by Crippen LogP contribution is -2.29. The summed E-state index contributed by atoms with van der Waals surface area (Å²) in [4.78, 5) is 24.5. The summed E-state index contributed by atoms with van der Waals surface area (Å²) in [7, 11) is 0. The predicted molar refractivity (Wildman–Crippen MR) is 84.5 cm³/mol. The minimum absolute atomic E-state index is 0.00864. The minimum Gasteiger partial charge on any atom is -0.395 e. The summed E-state index contributed by atoms with van der Waals surface area (Å²) in [5.41, 5.74) is 2.15. The molecule has 1 amide bonds. The van der Waals surface area contributed by atoms with Gasteiger partial charge in [0, 0.05) is 37.8 Å². The van der Waals surface area contributed by atoms with Gasteiger partial charge in [-0.1, -0.05) is 6.58 Å². The number of carbonyl (C=O) groups is 2. The topological polar surface area (TPSA) is 69.6 Å². The zero-order valence-corrected chi connectivity index (χ0v) is 12.6. The summed E-state index contributed by atoms with van der Waals surface area (Å²) < 4.78 is 0. The van der Waals surface area contributed by atoms with Gasteiger partial charge in [-0.2, -0.15) is 0 Å². The van der Waals surface area contributed by atoms with Gasteiger partial charge in [-0.15, -0.1) is 0 Å². The fourth-order valence-corrected chi connectivity index (χ4v) is 1.90. The zero-order chi connectivity index (χ0) is 15.8. The fraction of sp³-hybridized carbons (Fsp3) is 0.375. The molecule has 1 aromatic carbocycles. The summed E-state index contributed by atoms with van der Waals surface area (Å²) in [6, 6.07) is 7.29. The van der Waals surface area contributed by atoms with Gasteiger partial charge in [0.2, 0.25) is 5.91 Å². The normalized spacial score (nSPS) is 10.0. The molecule has 0 heterocycles. The van der Waals surface area contributed by atoms with Crippen LogP contribution in [-0.2, 0) is 9.59 Å². The largest absolute Gasteiger partial charge is 0.395 e. The standard InChI is InChI=1S/C16H22N2O3/c1-12(2)16(21)8-9-18(10-11-19)15-6-4-14(5-7-15)17-13(3)20/h4-7,19H,1,8-11H2,2-3H3,(H,17,20). The molecule has 0 bridgehead atoms. The van der Waals surface area contributed by atoms with Crippen molar-refractivity contribution in [2.75, 3.05) is 29.9 Å². The summed E-state index contributed by atoms with van der Waals surface area (Å²) in [5, 5.41) is 11.8. The molecule has 1 rings (SSSR count). The molecule has 0 aromatic heterocycles. The lowest BCUT2D eigenvalue weighted by molar-refractivity contribution is -0.115. The van der Waals surface area contributed by atoms with E-state index in [1.54, 1.807) is 19.1 Å². The first-order valence-electron chi connectivity index (χ1n) is 6.86. The Hall–Kier alpha value is -2.14. The molecule has 0 spiro atoms. The number of allylic oxidation sites excluding steroid dienone is 1. The van der Waals surface area contributed by atoms with E-state index >= 15 is 0 Å². The number of ketones is 1. The number of nitrogens with one attached hydrogen (secondary N) is 1. The molecular formula is C16H22N2O3. The second-order valence-electron chi connectivity index (χ2n) is 4.89. The number of carbonyl (C=O) groups excluding carboxylic acids is 2. The monoisotopic (exact) mass is 290 g/mol. The second kappa shape index (κ2) is 8.21. The maximum atomic E-state index is 11.6. The lowest BCUT2D eigenvalue weighted by atomic mass is 10.1. The number of benzene rings is 1. The third kappa shape index (κ3) is 5.79. The highest BCUT2D eigenvalue weighted by molar-refractivity contribution is 5.94. The van der Waals surface area contributed by atoms with E-state index in [2.05, 4.69) is 11.9 Å². The van der Waals surface area contributed by atoms with Gasteiger partial charge in [-0.05, 0) is 36.8 Å². The summed E-state index contributed by atoms with van der Waals surface area (Å²) >= 11 is 0. The molecule has 0 radical (unpaired) electrons. The molecule has 0 aliphatic rings. The van der Waals surface area contributed by atoms with Crippen molar-refractivity contribution >= 4 is 23.1 Å². The van der Waals surface area contributed by atoms with Crippen molar-refractivity contribution in [2.45, 2.75) is 20.3 Å². The van der Waals surface area contributed by atoms with Gasteiger partial charge >= 0.3 is 0 Å². The van der Waals surface area contributed by atoms with Crippen LogP contribution in [0.25, 0.3) is 0 Å². The van der Waals surface area contributed by atoms with Gasteiger partial charge < -0.3 is 15.3 Å². The Bertz CT molecular complexity index is 509. The van der Waals surface area contributed by atoms with E-state index in [4.69, 9.17) is 5.11 Å². The first kappa shape index (κ1) is 16.9. The summed E-state index contributed by atoms with van der Waals surface area (Å²) in [6.45, 7) is 7.76. The number of hydrogen-bond acceptors (Lipinski definition) is 4. The molecule has 0 aliphatic heterocycles. The molecular weight excluding hydrogens is 268 g/mol. The maximum Gasteiger partial charge on any atom is 0.221 e. The Morgan fingerprint density at radius 1 is 1.19 bits per heavy atom. The van der Waals surface area contributed by atoms with Crippen LogP contribution in [0.5, 0.6) is 0 Å². The Balaban J connectivity index is 2.73. The van der Waals surface area contributed by atoms with E-state index in [0.717, 1.165) is 5.69 Å². The van der Waals surface area contributed by atoms with Crippen LogP contribution in [0.1, 0.15) is 20.3 Å². The van der Waals surface area contributed by atoms with Crippen molar-refractivity contribution in [1.82, 2.24) is 0 Å². The molecule has 2 N–H and O–H groups in total. The van der Waals surface area contributed by atoms with Crippen molar-refractivity contribution in [3.05, 3.63) is 36.4 Å². The third-order valence-corrected chi connectivity index (χ3v) is 3.01. The number of nitrogens with zero attached hydrogens (tertiary/aromatic N) is 1. The van der Waals surface area contributed by atoms with E-state index in [0.29, 0.717) is 30.8 Å². The number of amides is 1. The molecule has 1 aromatic rings. The van der Waals surface area contributed by atoms with Crippen LogP contribution >= 0.6 is 0 Å². The fourth-order valence-electron chi connectivity index (χ4n) is 1.90. The number of rotatable bonds is 8. The quantitative estimate of drug-likeness (QED) is 0.718. The molecule has 0 saturated heterocycles. The van der Waals surface area contributed by atoms with E-state index in [-0.39, 0.29) is 18.3 Å². The van der Waals surface area contributed by atoms with Gasteiger partial charge in [0.1, 0.15) is 0 Å². The van der Waals surface area contributed by atoms with Crippen LogP contribution in [0.15, 0.2) is 36.4 Å². The molecule has 5 nitrogen and oxygen atoms in total. The van der Waals surface area contributed by atoms with Crippen molar-refractivity contribution in [3.8, 4) is 0 Å². The average molecular weight is 290 g/mol. The smallest absolute Gasteiger partial charge is 0.221 e. The van der Waals surface area contributed by atoms with Gasteiger partial charge in [0.05, 0.1) is 6.61 Å². The van der Waals surface area contributed by atoms with E-state index in [9.17, 15) is 9.59 Å². The Labute approximate surface area is 125 Å². The molecule has 0 aliphatic carbocycles. The third-order valence-electron chi connectivity index (χ3n) is 3.01. The molecule has 0 unspecified atom stereocenters. The van der Waals surface area contributed by atoms with Gasteiger partial charge in [-0.3, -0.25) is 9.59 Å². The van der Waals surface area contributed by atoms with E-state index in [1.807, 2.05) is 17.0 Å². The predicted octanol–water partition coefficient (Wildman–Crippen LogP) is 1.98. The highest BCUT2D eigenvalue weighted by Crippen LogP contribution is 2.18. The molecule has 114 valence electrons. The van der Waals surface area contributed by atoms with Crippen molar-refractivity contribution < 1.29 is 14.7 Å². The van der Waals surface area contributed by atoms with Gasteiger partial charge in [0.25, 0.3) is 0 Å². The minimum atomic E-state index is -0.123. The first-order chi connectivity index (χ1) is 9.93. The lowest BCUT2D eigenvalue weighted by Gasteiger charge is -2.24. The summed E-state index contributed by atoms with van der Waals surface area (Å²) in [5.74, 6) is -0.102. The van der Waals surface area contributed by atoms with Crippen LogP contribution in [0, 0.1) is 0 Å². The Kier molecular flexibility index (Phi) is 6.62. The maximum absolute atomic E-state index is 11.6. The SMILES string of the molecule is C=C(C)C(=O)CCN(CCO)c1ccc(NC(C)=O)cc1. The number of aliphatic hydroxyl groups excluding tert-OH is 1. The van der Waals surface area contributed by atoms with E-state index < -0.39 is 0 Å². The number of Topliss-reactive ketones (excluding diaryl/α,β-unsaturated/α-hetero) is 1. The van der Waals surface area contributed by atoms with Gasteiger partial charge in [-0.25, -0.2) is 0 Å². The van der Waals surface area contributed by atoms with Gasteiger partial charge in [0.15, 0.2) is 5.78 Å². The summed E-state index contributed by atoms with van der Waals surface area (Å²) in [6.07, 6.45) is 0.364. The molecule has 5 heteroatoms. The molecule has 0 atom stereocenters. The van der Waals surface area contributed by atoms with Crippen LogP contribution in [0.4, 0.5) is 11.4 Å². The van der Waals surface area contributed by atoms with Crippen molar-refractivity contribution in [1.29, 1.82) is 0 Å². The number of anilines is 2. The van der Waals surface area contributed by atoms with Crippen LogP contribution in [0.2, 0.25) is 0 Å². The van der Waals surface area contributed by atoms with Crippen molar-refractivity contribution in [2.24, 2.45) is 0 Å². The Morgan fingerprint density at radius 2 is 1.81 bits per heavy atom. The van der Waals surface area contributed by atoms with Crippen LogP contribution in [-0.4, -0.2) is 36.5 Å². The Morgan fingerprint density at radius 3 is 2.29 bits per heavy atom. The van der Waals surface area contributed by atoms with E-state index in [1.165, 1.54) is 6.92 Å². The van der Waals surface area contributed by atoms with Crippen molar-refractivity contribution in [3.63, 3.8) is 0 Å². The molecule has 0 fully saturated rings. The highest BCUT2D eigenvalue weighted by atomic mass is 16.3. The van der Waals surface area contributed by atoms with Crippen LogP contribution < -0.4 is 10.2 Å². The zero-order valence-electron chi connectivity index (χ0n) is 12.6. The highest BCUT2D eigenvalue weighted by Gasteiger charge is 2.09. The first-order valence-corrected chi connectivity index (χ1v) is 6.86.